The highest BCUT2D eigenvalue weighted by molar-refractivity contribution is 6.10. The molecule has 18 heteroatoms. The largest absolute Gasteiger partial charge is 0.504 e. The molecule has 18 nitrogen and oxygen atoms in total. The summed E-state index contributed by atoms with van der Waals surface area (Å²) in [6, 6.07) is 22.5. The zero-order valence-corrected chi connectivity index (χ0v) is 32.9. The second-order valence-electron chi connectivity index (χ2n) is 14.0. The van der Waals surface area contributed by atoms with E-state index in [9.17, 15) is 43.5 Å². The van der Waals surface area contributed by atoms with Crippen LogP contribution < -0.4 is 37.1 Å². The lowest BCUT2D eigenvalue weighted by Crippen LogP contribution is -2.46. The van der Waals surface area contributed by atoms with Crippen molar-refractivity contribution >= 4 is 70.1 Å². The van der Waals surface area contributed by atoms with Crippen LogP contribution in [0.1, 0.15) is 88.0 Å². The molecule has 0 bridgehead atoms. The van der Waals surface area contributed by atoms with Gasteiger partial charge in [-0.1, -0.05) is 0 Å². The van der Waals surface area contributed by atoms with Crippen LogP contribution in [-0.2, 0) is 20.9 Å². The van der Waals surface area contributed by atoms with Crippen LogP contribution in [0.15, 0.2) is 103 Å². The van der Waals surface area contributed by atoms with Gasteiger partial charge < -0.3 is 52.0 Å². The quantitative estimate of drug-likeness (QED) is 0.0653. The van der Waals surface area contributed by atoms with E-state index in [1.54, 1.807) is 19.9 Å². The van der Waals surface area contributed by atoms with Crippen molar-refractivity contribution in [2.45, 2.75) is 39.0 Å². The zero-order valence-electron chi connectivity index (χ0n) is 32.9. The fraction of sp³-hybridized carbons (Fsp3) is 0.136. The molecule has 1 atom stereocenters. The predicted molar refractivity (Wildman–Crippen MR) is 223 cm³/mol. The maximum atomic E-state index is 13.3. The molecule has 6 amide bonds. The molecule has 1 aliphatic heterocycles. The van der Waals surface area contributed by atoms with Gasteiger partial charge in [0.05, 0.1) is 34.9 Å². The minimum atomic E-state index is -1.40. The van der Waals surface area contributed by atoms with Gasteiger partial charge in [0.1, 0.15) is 12.6 Å². The molecule has 1 heterocycles. The first-order valence-electron chi connectivity index (χ1n) is 18.8. The van der Waals surface area contributed by atoms with Crippen molar-refractivity contribution in [2.75, 3.05) is 21.3 Å². The van der Waals surface area contributed by atoms with Crippen LogP contribution in [0.25, 0.3) is 0 Å². The fourth-order valence-corrected chi connectivity index (χ4v) is 6.07. The smallest absolute Gasteiger partial charge is 0.338 e. The number of rotatable bonds is 15. The SMILES string of the molecule is CC(C)Oc1c(NC(=O)c2ccc(NC(=O)[C@H](CC(N)=O)NC(=O)c3ccc(NC(=O)c4ccc5c(c4)COC5=O)cc3)cc2)ccc(C(=O)Nc2ccc(C(=O)O)cc2)c1O. The van der Waals surface area contributed by atoms with Crippen LogP contribution in [0.5, 0.6) is 11.5 Å². The summed E-state index contributed by atoms with van der Waals surface area (Å²) >= 11 is 0. The van der Waals surface area contributed by atoms with Crippen molar-refractivity contribution in [2.24, 2.45) is 5.73 Å². The molecule has 0 unspecified atom stereocenters. The molecule has 1 aliphatic rings. The summed E-state index contributed by atoms with van der Waals surface area (Å²) in [6.07, 6.45) is -1.03. The third-order valence-electron chi connectivity index (χ3n) is 9.16. The van der Waals surface area contributed by atoms with E-state index in [0.29, 0.717) is 22.4 Å². The third kappa shape index (κ3) is 10.4. The molecule has 0 saturated carbocycles. The Hall–Kier alpha value is -8.54. The molecule has 0 aliphatic carbocycles. The summed E-state index contributed by atoms with van der Waals surface area (Å²) in [5, 5.41) is 33.2. The monoisotopic (exact) mass is 842 g/mol. The van der Waals surface area contributed by atoms with Gasteiger partial charge in [-0.15, -0.1) is 0 Å². The number of carbonyl (C=O) groups excluding carboxylic acids is 7. The number of cyclic esters (lactones) is 1. The van der Waals surface area contributed by atoms with Gasteiger partial charge in [-0.05, 0) is 117 Å². The number of fused-ring (bicyclic) bond motifs is 1. The molecule has 0 spiro atoms. The van der Waals surface area contributed by atoms with E-state index < -0.39 is 71.7 Å². The highest BCUT2D eigenvalue weighted by Gasteiger charge is 2.26. The molecular formula is C44H38N6O12. The topological polar surface area (TPSA) is 282 Å². The minimum Gasteiger partial charge on any atom is -0.504 e. The number of phenols is 1. The first-order valence-corrected chi connectivity index (χ1v) is 18.8. The van der Waals surface area contributed by atoms with Crippen LogP contribution in [-0.4, -0.2) is 69.7 Å². The Balaban J connectivity index is 1.07. The number of amides is 6. The number of nitrogens with two attached hydrogens (primary N) is 1. The number of anilines is 4. The van der Waals surface area contributed by atoms with Crippen molar-refractivity contribution in [3.05, 3.63) is 142 Å². The van der Waals surface area contributed by atoms with Gasteiger partial charge in [-0.2, -0.15) is 0 Å². The molecule has 0 radical (unpaired) electrons. The highest BCUT2D eigenvalue weighted by atomic mass is 16.5. The van der Waals surface area contributed by atoms with E-state index in [-0.39, 0.29) is 51.7 Å². The van der Waals surface area contributed by atoms with Gasteiger partial charge in [-0.25, -0.2) is 9.59 Å². The Morgan fingerprint density at radius 1 is 0.677 bits per heavy atom. The number of hydrogen-bond acceptors (Lipinski definition) is 11. The van der Waals surface area contributed by atoms with Crippen LogP contribution in [0.3, 0.4) is 0 Å². The highest BCUT2D eigenvalue weighted by Crippen LogP contribution is 2.39. The average molecular weight is 843 g/mol. The summed E-state index contributed by atoms with van der Waals surface area (Å²) in [5.41, 5.74) is 7.58. The summed E-state index contributed by atoms with van der Waals surface area (Å²) in [7, 11) is 0. The van der Waals surface area contributed by atoms with E-state index in [1.165, 1.54) is 97.1 Å². The van der Waals surface area contributed by atoms with Gasteiger partial charge >= 0.3 is 11.9 Å². The number of aromatic carboxylic acids is 1. The summed E-state index contributed by atoms with van der Waals surface area (Å²) in [5.74, 6) is -6.53. The zero-order chi connectivity index (χ0) is 44.7. The first-order chi connectivity index (χ1) is 29.6. The lowest BCUT2D eigenvalue weighted by atomic mass is 10.1. The number of carboxylic acid groups (broad SMARTS) is 1. The molecule has 0 saturated heterocycles. The molecule has 6 rings (SSSR count). The van der Waals surface area contributed by atoms with E-state index in [1.807, 2.05) is 0 Å². The maximum Gasteiger partial charge on any atom is 0.338 e. The van der Waals surface area contributed by atoms with Crippen LogP contribution in [0.4, 0.5) is 22.7 Å². The van der Waals surface area contributed by atoms with Crippen LogP contribution >= 0.6 is 0 Å². The molecule has 5 aromatic rings. The van der Waals surface area contributed by atoms with Crippen LogP contribution in [0.2, 0.25) is 0 Å². The molecule has 62 heavy (non-hydrogen) atoms. The van der Waals surface area contributed by atoms with E-state index in [4.69, 9.17) is 20.3 Å². The van der Waals surface area contributed by atoms with Crippen molar-refractivity contribution in [1.29, 1.82) is 0 Å². The maximum absolute atomic E-state index is 13.3. The third-order valence-corrected chi connectivity index (χ3v) is 9.16. The number of carboxylic acids is 1. The Morgan fingerprint density at radius 2 is 1.21 bits per heavy atom. The average Bonchev–Trinajstić information content (AvgIpc) is 3.61. The number of carbonyl (C=O) groups is 8. The van der Waals surface area contributed by atoms with Gasteiger partial charge in [0.25, 0.3) is 23.6 Å². The molecule has 316 valence electrons. The van der Waals surface area contributed by atoms with Crippen molar-refractivity contribution in [1.82, 2.24) is 5.32 Å². The number of phenolic OH excluding ortho intramolecular Hbond substituents is 1. The minimum absolute atomic E-state index is 0.0184. The Labute approximate surface area is 352 Å². The Bertz CT molecular complexity index is 2610. The number of hydrogen-bond donors (Lipinski definition) is 8. The Morgan fingerprint density at radius 3 is 1.79 bits per heavy atom. The Kier molecular flexibility index (Phi) is 12.9. The fourth-order valence-electron chi connectivity index (χ4n) is 6.07. The molecule has 0 fully saturated rings. The van der Waals surface area contributed by atoms with Gasteiger partial charge in [0.2, 0.25) is 11.8 Å². The molecule has 9 N–H and O–H groups in total. The molecule has 0 aromatic heterocycles. The first kappa shape index (κ1) is 43.0. The number of aromatic hydroxyl groups is 1. The standard InChI is InChI=1S/C44H38N6O12/c1-22(2)62-37-33(18-17-32(36(37)52)41(56)47-29-14-7-25(8-15-29)43(58)59)49-38(53)23-5-12-30(13-6-23)48-42(57)34(20-35(45)51)50-39(54)24-3-10-28(11-4-24)46-40(55)26-9-16-31-27(19-26)21-61-44(31)60/h3-19,22,34,52H,20-21H2,1-2H3,(H2,45,51)(H,46,55)(H,47,56)(H,48,57)(H,49,53)(H,50,54)(H,58,59)/t34-/m0/s1. The lowest BCUT2D eigenvalue weighted by Gasteiger charge is -2.19. The van der Waals surface area contributed by atoms with E-state index in [2.05, 4.69) is 26.6 Å². The molecule has 5 aromatic carbocycles. The normalized spacial score (nSPS) is 12.0. The summed E-state index contributed by atoms with van der Waals surface area (Å²) < 4.78 is 10.7. The van der Waals surface area contributed by atoms with Crippen LogP contribution in [0, 0.1) is 0 Å². The number of benzene rings is 5. The number of nitrogens with one attached hydrogen (secondary N) is 5. The number of primary amides is 1. The second-order valence-corrected chi connectivity index (χ2v) is 14.0. The lowest BCUT2D eigenvalue weighted by molar-refractivity contribution is -0.123. The van der Waals surface area contributed by atoms with E-state index in [0.717, 1.165) is 0 Å². The molecular weight excluding hydrogens is 805 g/mol. The number of ether oxygens (including phenoxy) is 2. The van der Waals surface area contributed by atoms with Crippen molar-refractivity contribution in [3.63, 3.8) is 0 Å². The predicted octanol–water partition coefficient (Wildman–Crippen LogP) is 4.92. The van der Waals surface area contributed by atoms with Gasteiger partial charge in [0, 0.05) is 39.3 Å². The van der Waals surface area contributed by atoms with Crippen molar-refractivity contribution in [3.8, 4) is 11.5 Å². The van der Waals surface area contributed by atoms with E-state index >= 15 is 0 Å². The second kappa shape index (κ2) is 18.6. The number of esters is 1. The van der Waals surface area contributed by atoms with Gasteiger partial charge in [-0.3, -0.25) is 28.8 Å². The summed E-state index contributed by atoms with van der Waals surface area (Å²) in [4.78, 5) is 100. The van der Waals surface area contributed by atoms with Gasteiger partial charge in [0.15, 0.2) is 11.5 Å². The van der Waals surface area contributed by atoms with Crippen molar-refractivity contribution < 1.29 is 58.0 Å². The summed E-state index contributed by atoms with van der Waals surface area (Å²) in [6.45, 7) is 3.43.